The highest BCUT2D eigenvalue weighted by Gasteiger charge is 2.30. The van der Waals surface area contributed by atoms with Crippen LogP contribution in [0, 0.1) is 0 Å². The third kappa shape index (κ3) is 3.74. The number of fused-ring (bicyclic) bond motifs is 2. The zero-order valence-electron chi connectivity index (χ0n) is 16.8. The summed E-state index contributed by atoms with van der Waals surface area (Å²) in [5.41, 5.74) is 2.23. The summed E-state index contributed by atoms with van der Waals surface area (Å²) in [5.74, 6) is -0.739. The number of hydrogen-bond acceptors (Lipinski definition) is 4. The fraction of sp³-hybridized carbons (Fsp3) is 0.217. The summed E-state index contributed by atoms with van der Waals surface area (Å²) in [6.45, 7) is 1.70. The van der Waals surface area contributed by atoms with Crippen molar-refractivity contribution in [1.82, 2.24) is 9.88 Å². The average Bonchev–Trinajstić information content (AvgIpc) is 2.86. The molecule has 0 spiro atoms. The molecule has 7 nitrogen and oxygen atoms in total. The van der Waals surface area contributed by atoms with Crippen molar-refractivity contribution in [3.63, 3.8) is 0 Å². The lowest BCUT2D eigenvalue weighted by molar-refractivity contribution is -0.119. The maximum absolute atomic E-state index is 13.2. The van der Waals surface area contributed by atoms with E-state index < -0.39 is 0 Å². The van der Waals surface area contributed by atoms with Crippen molar-refractivity contribution in [2.75, 3.05) is 23.8 Å². The topological polar surface area (TPSA) is 82.6 Å². The van der Waals surface area contributed by atoms with Crippen LogP contribution >= 0.6 is 0 Å². The molecule has 1 aliphatic heterocycles. The van der Waals surface area contributed by atoms with E-state index in [4.69, 9.17) is 0 Å². The number of hydrogen-bond donors (Lipinski definition) is 1. The first-order chi connectivity index (χ1) is 14.4. The van der Waals surface area contributed by atoms with Gasteiger partial charge in [0.25, 0.3) is 5.91 Å². The predicted octanol–water partition coefficient (Wildman–Crippen LogP) is 3.07. The Labute approximate surface area is 174 Å². The van der Waals surface area contributed by atoms with Gasteiger partial charge in [-0.2, -0.15) is 0 Å². The first-order valence-corrected chi connectivity index (χ1v) is 9.76. The maximum Gasteiger partial charge on any atom is 0.272 e. The third-order valence-electron chi connectivity index (χ3n) is 5.16. The summed E-state index contributed by atoms with van der Waals surface area (Å²) in [5, 5.41) is 3.78. The number of pyridine rings is 1. The van der Waals surface area contributed by atoms with E-state index in [1.54, 1.807) is 36.2 Å². The fourth-order valence-electron chi connectivity index (χ4n) is 3.70. The Morgan fingerprint density at radius 3 is 2.67 bits per heavy atom. The van der Waals surface area contributed by atoms with Crippen LogP contribution in [0.5, 0.6) is 0 Å². The van der Waals surface area contributed by atoms with Crippen LogP contribution in [0.3, 0.4) is 0 Å². The smallest absolute Gasteiger partial charge is 0.272 e. The van der Waals surface area contributed by atoms with Crippen molar-refractivity contribution < 1.29 is 14.4 Å². The highest BCUT2D eigenvalue weighted by atomic mass is 16.2. The van der Waals surface area contributed by atoms with Crippen molar-refractivity contribution in [2.24, 2.45) is 0 Å². The van der Waals surface area contributed by atoms with Crippen molar-refractivity contribution in [3.05, 3.63) is 66.4 Å². The van der Waals surface area contributed by atoms with Gasteiger partial charge in [-0.3, -0.25) is 14.4 Å². The van der Waals surface area contributed by atoms with E-state index >= 15 is 0 Å². The monoisotopic (exact) mass is 402 g/mol. The van der Waals surface area contributed by atoms with E-state index in [9.17, 15) is 14.4 Å². The number of carbonyl (C=O) groups is 3. The second-order valence-corrected chi connectivity index (χ2v) is 7.43. The van der Waals surface area contributed by atoms with Crippen LogP contribution in [0.25, 0.3) is 10.9 Å². The Kier molecular flexibility index (Phi) is 5.18. The molecule has 30 heavy (non-hydrogen) atoms. The van der Waals surface area contributed by atoms with E-state index in [0.29, 0.717) is 11.4 Å². The molecule has 0 unspecified atom stereocenters. The van der Waals surface area contributed by atoms with Crippen LogP contribution in [0.1, 0.15) is 23.8 Å². The zero-order valence-corrected chi connectivity index (χ0v) is 16.8. The molecule has 0 fully saturated rings. The summed E-state index contributed by atoms with van der Waals surface area (Å²) in [6, 6.07) is 17.9. The lowest BCUT2D eigenvalue weighted by atomic mass is 10.1. The number of rotatable bonds is 3. The molecule has 3 aromatic rings. The SMILES string of the molecule is C[C@@H]1CC(=O)Nc2ccccc2N1C(=O)CN(C)C(=O)c1ccc2ccccc2n1. The number of carbonyl (C=O) groups excluding carboxylic acids is 3. The number of nitrogens with one attached hydrogen (secondary N) is 1. The Hall–Kier alpha value is -3.74. The van der Waals surface area contributed by atoms with Crippen molar-refractivity contribution in [2.45, 2.75) is 19.4 Å². The number of nitrogens with zero attached hydrogens (tertiary/aromatic N) is 3. The summed E-state index contributed by atoms with van der Waals surface area (Å²) >= 11 is 0. The van der Waals surface area contributed by atoms with Gasteiger partial charge in [0.05, 0.1) is 16.9 Å². The molecular weight excluding hydrogens is 380 g/mol. The molecule has 0 radical (unpaired) electrons. The van der Waals surface area contributed by atoms with E-state index in [1.807, 2.05) is 43.3 Å². The van der Waals surface area contributed by atoms with Crippen molar-refractivity contribution in [3.8, 4) is 0 Å². The highest BCUT2D eigenvalue weighted by Crippen LogP contribution is 2.31. The van der Waals surface area contributed by atoms with Crippen molar-refractivity contribution in [1.29, 1.82) is 0 Å². The summed E-state index contributed by atoms with van der Waals surface area (Å²) in [7, 11) is 1.58. The minimum atomic E-state index is -0.334. The molecule has 3 amide bonds. The third-order valence-corrected chi connectivity index (χ3v) is 5.16. The van der Waals surface area contributed by atoms with Gasteiger partial charge in [-0.1, -0.05) is 36.4 Å². The van der Waals surface area contributed by atoms with Gasteiger partial charge in [0.2, 0.25) is 11.8 Å². The summed E-state index contributed by atoms with van der Waals surface area (Å²) < 4.78 is 0. The van der Waals surface area contributed by atoms with Crippen LogP contribution in [0.4, 0.5) is 11.4 Å². The van der Waals surface area contributed by atoms with Gasteiger partial charge in [-0.15, -0.1) is 0 Å². The van der Waals surface area contributed by atoms with Crippen molar-refractivity contribution >= 4 is 40.0 Å². The normalized spacial score (nSPS) is 15.9. The molecule has 0 aliphatic carbocycles. The Morgan fingerprint density at radius 1 is 1.10 bits per heavy atom. The minimum absolute atomic E-state index is 0.125. The van der Waals surface area contributed by atoms with Gasteiger partial charge in [0.15, 0.2) is 0 Å². The number of anilines is 2. The molecule has 0 saturated carbocycles. The number of likely N-dealkylation sites (N-methyl/N-ethyl adjacent to an activating group) is 1. The van der Waals surface area contributed by atoms with Gasteiger partial charge >= 0.3 is 0 Å². The first-order valence-electron chi connectivity index (χ1n) is 9.76. The Bertz CT molecular complexity index is 1140. The van der Waals surface area contributed by atoms with E-state index in [0.717, 1.165) is 10.9 Å². The molecule has 152 valence electrons. The predicted molar refractivity (Wildman–Crippen MR) is 115 cm³/mol. The molecule has 7 heteroatoms. The lowest BCUT2D eigenvalue weighted by Crippen LogP contribution is -2.45. The maximum atomic E-state index is 13.2. The number of benzene rings is 2. The van der Waals surface area contributed by atoms with Gasteiger partial charge in [-0.25, -0.2) is 4.98 Å². The zero-order chi connectivity index (χ0) is 21.3. The summed E-state index contributed by atoms with van der Waals surface area (Å²) in [4.78, 5) is 45.5. The molecule has 4 rings (SSSR count). The lowest BCUT2D eigenvalue weighted by Gasteiger charge is -2.29. The molecule has 2 heterocycles. The van der Waals surface area contributed by atoms with Gasteiger partial charge in [0.1, 0.15) is 12.2 Å². The second kappa shape index (κ2) is 7.94. The average molecular weight is 402 g/mol. The van der Waals surface area contributed by atoms with Crippen LogP contribution in [-0.4, -0.2) is 47.2 Å². The molecule has 1 atom stereocenters. The first kappa shape index (κ1) is 19.6. The summed E-state index contributed by atoms with van der Waals surface area (Å²) in [6.07, 6.45) is 0.185. The van der Waals surface area contributed by atoms with Gasteiger partial charge in [0, 0.05) is 24.9 Å². The molecule has 0 saturated heterocycles. The van der Waals surface area contributed by atoms with Gasteiger partial charge < -0.3 is 15.1 Å². The molecule has 1 N–H and O–H groups in total. The molecule has 1 aliphatic rings. The Balaban J connectivity index is 1.56. The fourth-order valence-corrected chi connectivity index (χ4v) is 3.70. The minimum Gasteiger partial charge on any atom is -0.331 e. The number of para-hydroxylation sites is 3. The van der Waals surface area contributed by atoms with Gasteiger partial charge in [-0.05, 0) is 31.2 Å². The van der Waals surface area contributed by atoms with Crippen LogP contribution in [0.2, 0.25) is 0 Å². The highest BCUT2D eigenvalue weighted by molar-refractivity contribution is 6.06. The largest absolute Gasteiger partial charge is 0.331 e. The van der Waals surface area contributed by atoms with E-state index in [-0.39, 0.29) is 42.4 Å². The number of aromatic nitrogens is 1. The van der Waals surface area contributed by atoms with Crippen LogP contribution in [0.15, 0.2) is 60.7 Å². The second-order valence-electron chi connectivity index (χ2n) is 7.43. The molecule has 0 bridgehead atoms. The quantitative estimate of drug-likeness (QED) is 0.730. The Morgan fingerprint density at radius 2 is 1.83 bits per heavy atom. The van der Waals surface area contributed by atoms with Crippen LogP contribution < -0.4 is 10.2 Å². The molecule has 1 aromatic heterocycles. The standard InChI is InChI=1S/C23H22N4O3/c1-15-13-21(28)25-18-9-5-6-10-20(18)27(15)22(29)14-26(2)23(30)19-12-11-16-7-3-4-8-17(16)24-19/h3-12,15H,13-14H2,1-2H3,(H,25,28)/t15-/m1/s1. The van der Waals surface area contributed by atoms with E-state index in [2.05, 4.69) is 10.3 Å². The van der Waals surface area contributed by atoms with Crippen LogP contribution in [-0.2, 0) is 9.59 Å². The molecule has 2 aromatic carbocycles. The molecular formula is C23H22N4O3. The number of amides is 3. The van der Waals surface area contributed by atoms with E-state index in [1.165, 1.54) is 4.90 Å².